The van der Waals surface area contributed by atoms with Gasteiger partial charge in [0, 0.05) is 33.5 Å². The van der Waals surface area contributed by atoms with Gasteiger partial charge < -0.3 is 9.30 Å². The Kier molecular flexibility index (Phi) is 4.57. The minimum atomic E-state index is -0.316. The van der Waals surface area contributed by atoms with E-state index in [9.17, 15) is 10.1 Å². The van der Waals surface area contributed by atoms with Gasteiger partial charge in [0.1, 0.15) is 5.75 Å². The summed E-state index contributed by atoms with van der Waals surface area (Å²) in [6.07, 6.45) is 1.97. The Labute approximate surface area is 148 Å². The maximum absolute atomic E-state index is 11.3. The average Bonchev–Trinajstić information content (AvgIpc) is 2.89. The Morgan fingerprint density at radius 3 is 2.58 bits per heavy atom. The molecule has 2 aromatic carbocycles. The van der Waals surface area contributed by atoms with Crippen LogP contribution < -0.4 is 4.74 Å². The molecule has 0 fully saturated rings. The first kappa shape index (κ1) is 16.5. The van der Waals surface area contributed by atoms with Gasteiger partial charge in [0.15, 0.2) is 0 Å². The second kappa shape index (κ2) is 6.65. The van der Waals surface area contributed by atoms with Crippen molar-refractivity contribution in [3.05, 3.63) is 74.4 Å². The molecule has 6 heteroatoms. The van der Waals surface area contributed by atoms with E-state index >= 15 is 0 Å². The summed E-state index contributed by atoms with van der Waals surface area (Å²) in [7, 11) is 3.57. The fourth-order valence-corrected chi connectivity index (χ4v) is 3.30. The highest BCUT2D eigenvalue weighted by molar-refractivity contribution is 9.10. The molecule has 0 aliphatic carbocycles. The van der Waals surface area contributed by atoms with E-state index < -0.39 is 0 Å². The van der Waals surface area contributed by atoms with Crippen molar-refractivity contribution in [3.8, 4) is 5.75 Å². The molecule has 1 unspecified atom stereocenters. The van der Waals surface area contributed by atoms with Crippen molar-refractivity contribution in [3.63, 3.8) is 0 Å². The minimum absolute atomic E-state index is 0.155. The number of hydrogen-bond donors (Lipinski definition) is 0. The minimum Gasteiger partial charge on any atom is -0.497 e. The fourth-order valence-electron chi connectivity index (χ4n) is 3.03. The zero-order valence-electron chi connectivity index (χ0n) is 13.4. The van der Waals surface area contributed by atoms with Gasteiger partial charge in [0.2, 0.25) is 6.54 Å². The van der Waals surface area contributed by atoms with Gasteiger partial charge in [-0.3, -0.25) is 10.1 Å². The molecule has 0 saturated heterocycles. The first-order chi connectivity index (χ1) is 11.5. The number of nitrogens with zero attached hydrogens (tertiary/aromatic N) is 2. The SMILES string of the molecule is COc1ccc2c(c1)c(C(C[N+](=O)[O-])c1ccc(Br)cc1)cn2C. The van der Waals surface area contributed by atoms with Gasteiger partial charge in [-0.1, -0.05) is 28.1 Å². The Hall–Kier alpha value is -2.34. The van der Waals surface area contributed by atoms with Crippen LogP contribution in [0.2, 0.25) is 0 Å². The average molecular weight is 389 g/mol. The lowest BCUT2D eigenvalue weighted by molar-refractivity contribution is -0.481. The van der Waals surface area contributed by atoms with Crippen molar-refractivity contribution >= 4 is 26.8 Å². The van der Waals surface area contributed by atoms with E-state index in [-0.39, 0.29) is 17.4 Å². The highest BCUT2D eigenvalue weighted by atomic mass is 79.9. The summed E-state index contributed by atoms with van der Waals surface area (Å²) in [6.45, 7) is -0.155. The van der Waals surface area contributed by atoms with E-state index in [4.69, 9.17) is 4.74 Å². The first-order valence-electron chi connectivity index (χ1n) is 7.50. The van der Waals surface area contributed by atoms with Crippen LogP contribution in [0.25, 0.3) is 10.9 Å². The van der Waals surface area contributed by atoms with Crippen molar-refractivity contribution in [2.75, 3.05) is 13.7 Å². The Morgan fingerprint density at radius 2 is 1.96 bits per heavy atom. The molecule has 124 valence electrons. The standard InChI is InChI=1S/C18H17BrN2O3/c1-20-10-17(15-9-14(24-2)7-8-18(15)20)16(11-21(22)23)12-3-5-13(19)6-4-12/h3-10,16H,11H2,1-2H3. The molecule has 0 bridgehead atoms. The Bertz CT molecular complexity index is 887. The largest absolute Gasteiger partial charge is 0.497 e. The van der Waals surface area contributed by atoms with Crippen LogP contribution in [0.5, 0.6) is 5.75 Å². The highest BCUT2D eigenvalue weighted by Crippen LogP contribution is 2.34. The smallest absolute Gasteiger partial charge is 0.214 e. The van der Waals surface area contributed by atoms with Crippen LogP contribution in [-0.4, -0.2) is 23.1 Å². The van der Waals surface area contributed by atoms with E-state index in [0.29, 0.717) is 0 Å². The third-order valence-electron chi connectivity index (χ3n) is 4.21. The number of nitro groups is 1. The van der Waals surface area contributed by atoms with E-state index in [0.717, 1.165) is 32.3 Å². The maximum atomic E-state index is 11.3. The van der Waals surface area contributed by atoms with Crippen LogP contribution >= 0.6 is 15.9 Å². The van der Waals surface area contributed by atoms with Gasteiger partial charge in [0.05, 0.1) is 13.0 Å². The number of hydrogen-bond acceptors (Lipinski definition) is 3. The van der Waals surface area contributed by atoms with Crippen molar-refractivity contribution in [2.24, 2.45) is 7.05 Å². The third kappa shape index (κ3) is 3.14. The molecule has 0 saturated carbocycles. The Balaban J connectivity index is 2.18. The van der Waals surface area contributed by atoms with Gasteiger partial charge in [-0.05, 0) is 41.5 Å². The highest BCUT2D eigenvalue weighted by Gasteiger charge is 2.24. The molecule has 0 aliphatic rings. The van der Waals surface area contributed by atoms with Crippen molar-refractivity contribution in [1.29, 1.82) is 0 Å². The zero-order valence-corrected chi connectivity index (χ0v) is 15.0. The second-order valence-corrected chi connectivity index (χ2v) is 6.61. The lowest BCUT2D eigenvalue weighted by Gasteiger charge is -2.13. The predicted octanol–water partition coefficient (Wildman–Crippen LogP) is 4.36. The topological polar surface area (TPSA) is 57.3 Å². The van der Waals surface area contributed by atoms with E-state index in [2.05, 4.69) is 15.9 Å². The Morgan fingerprint density at radius 1 is 1.25 bits per heavy atom. The zero-order chi connectivity index (χ0) is 17.3. The molecule has 1 heterocycles. The van der Waals surface area contributed by atoms with Gasteiger partial charge in [0.25, 0.3) is 0 Å². The molecule has 1 atom stereocenters. The monoisotopic (exact) mass is 388 g/mol. The number of halogens is 1. The maximum Gasteiger partial charge on any atom is 0.214 e. The van der Waals surface area contributed by atoms with Crippen LogP contribution in [0.15, 0.2) is 53.1 Å². The lowest BCUT2D eigenvalue weighted by Crippen LogP contribution is -2.13. The van der Waals surface area contributed by atoms with E-state index in [1.165, 1.54) is 0 Å². The third-order valence-corrected chi connectivity index (χ3v) is 4.74. The molecule has 24 heavy (non-hydrogen) atoms. The molecule has 0 N–H and O–H groups in total. The van der Waals surface area contributed by atoms with Crippen molar-refractivity contribution in [1.82, 2.24) is 4.57 Å². The number of aryl methyl sites for hydroxylation is 1. The van der Waals surface area contributed by atoms with Crippen LogP contribution in [0.1, 0.15) is 17.0 Å². The molecular formula is C18H17BrN2O3. The second-order valence-electron chi connectivity index (χ2n) is 5.70. The number of fused-ring (bicyclic) bond motifs is 1. The number of rotatable bonds is 5. The molecule has 3 aromatic rings. The summed E-state index contributed by atoms with van der Waals surface area (Å²) >= 11 is 3.41. The summed E-state index contributed by atoms with van der Waals surface area (Å²) in [5.41, 5.74) is 2.88. The molecule has 0 aliphatic heterocycles. The molecule has 1 aromatic heterocycles. The van der Waals surface area contributed by atoms with Gasteiger partial charge in [-0.25, -0.2) is 0 Å². The first-order valence-corrected chi connectivity index (χ1v) is 8.29. The van der Waals surface area contributed by atoms with Crippen LogP contribution in [0.4, 0.5) is 0 Å². The summed E-state index contributed by atoms with van der Waals surface area (Å²) in [6, 6.07) is 13.5. The number of aromatic nitrogens is 1. The van der Waals surface area contributed by atoms with E-state index in [1.807, 2.05) is 60.3 Å². The van der Waals surface area contributed by atoms with Gasteiger partial charge in [-0.2, -0.15) is 0 Å². The van der Waals surface area contributed by atoms with Gasteiger partial charge >= 0.3 is 0 Å². The molecule has 3 rings (SSSR count). The summed E-state index contributed by atoms with van der Waals surface area (Å²) in [5.74, 6) is 0.425. The van der Waals surface area contributed by atoms with Crippen LogP contribution in [0.3, 0.4) is 0 Å². The molecule has 0 amide bonds. The molecule has 0 spiro atoms. The van der Waals surface area contributed by atoms with Crippen molar-refractivity contribution in [2.45, 2.75) is 5.92 Å². The summed E-state index contributed by atoms with van der Waals surface area (Å²) in [4.78, 5) is 11.0. The normalized spacial score (nSPS) is 12.3. The quantitative estimate of drug-likeness (QED) is 0.481. The molecular weight excluding hydrogens is 372 g/mol. The van der Waals surface area contributed by atoms with E-state index in [1.54, 1.807) is 7.11 Å². The lowest BCUT2D eigenvalue weighted by atomic mass is 9.91. The molecule has 0 radical (unpaired) electrons. The number of ether oxygens (including phenoxy) is 1. The van der Waals surface area contributed by atoms with Gasteiger partial charge in [-0.15, -0.1) is 0 Å². The predicted molar refractivity (Wildman–Crippen MR) is 97.3 cm³/mol. The summed E-state index contributed by atoms with van der Waals surface area (Å²) in [5, 5.41) is 12.2. The number of methoxy groups -OCH3 is 1. The molecule has 5 nitrogen and oxygen atoms in total. The van der Waals surface area contributed by atoms with Crippen molar-refractivity contribution < 1.29 is 9.66 Å². The van der Waals surface area contributed by atoms with Crippen LogP contribution in [-0.2, 0) is 7.05 Å². The fraction of sp³-hybridized carbons (Fsp3) is 0.222. The summed E-state index contributed by atoms with van der Waals surface area (Å²) < 4.78 is 8.27. The number of benzene rings is 2. The van der Waals surface area contributed by atoms with Crippen LogP contribution in [0, 0.1) is 10.1 Å².